The highest BCUT2D eigenvalue weighted by atomic mass is 32.2. The number of halogens is 1. The van der Waals surface area contributed by atoms with Crippen LogP contribution in [0.3, 0.4) is 0 Å². The molecule has 0 radical (unpaired) electrons. The molecule has 1 unspecified atom stereocenters. The van der Waals surface area contributed by atoms with E-state index < -0.39 is 23.5 Å². The van der Waals surface area contributed by atoms with E-state index >= 15 is 0 Å². The second kappa shape index (κ2) is 11.3. The standard InChI is InChI=1S/C30H22FN3O6S2/c1-38-19-12-10-16(11-13-19)24-23(25(35)22-14-17-7-5-9-21(39-2)27(17)40-22)26(36)28(37)34(24)29-32-33-30(42-29)41-15-18-6-3-4-8-20(18)31/h3-14,24,36H,15H2,1-2H3. The summed E-state index contributed by atoms with van der Waals surface area (Å²) >= 11 is 2.36. The van der Waals surface area contributed by atoms with E-state index in [0.29, 0.717) is 43.7 Å². The molecule has 212 valence electrons. The maximum atomic E-state index is 14.1. The molecule has 3 aromatic carbocycles. The molecule has 0 fully saturated rings. The van der Waals surface area contributed by atoms with E-state index in [9.17, 15) is 19.1 Å². The van der Waals surface area contributed by atoms with Gasteiger partial charge in [-0.1, -0.05) is 65.6 Å². The number of Topliss-reactive ketones (excluding diaryl/α,β-unsaturated/α-hetero) is 1. The maximum Gasteiger partial charge on any atom is 0.296 e. The zero-order chi connectivity index (χ0) is 29.4. The van der Waals surface area contributed by atoms with Gasteiger partial charge in [0.05, 0.1) is 25.8 Å². The lowest BCUT2D eigenvalue weighted by Crippen LogP contribution is -2.31. The van der Waals surface area contributed by atoms with Crippen molar-refractivity contribution < 1.29 is 33.0 Å². The smallest absolute Gasteiger partial charge is 0.296 e. The van der Waals surface area contributed by atoms with Crippen LogP contribution in [0.15, 0.2) is 92.9 Å². The van der Waals surface area contributed by atoms with Gasteiger partial charge in [-0.15, -0.1) is 10.2 Å². The van der Waals surface area contributed by atoms with E-state index in [1.807, 2.05) is 0 Å². The molecule has 0 spiro atoms. The van der Waals surface area contributed by atoms with Crippen molar-refractivity contribution >= 4 is 50.9 Å². The van der Waals surface area contributed by atoms with Gasteiger partial charge in [0.1, 0.15) is 11.6 Å². The molecule has 2 aromatic heterocycles. The van der Waals surface area contributed by atoms with Crippen molar-refractivity contribution in [1.29, 1.82) is 0 Å². The van der Waals surface area contributed by atoms with Crippen molar-refractivity contribution in [2.45, 2.75) is 16.1 Å². The van der Waals surface area contributed by atoms with Gasteiger partial charge in [-0.3, -0.25) is 14.5 Å². The van der Waals surface area contributed by atoms with Crippen molar-refractivity contribution in [3.05, 3.63) is 107 Å². The number of carbonyl (C=O) groups excluding carboxylic acids is 2. The summed E-state index contributed by atoms with van der Waals surface area (Å²) in [4.78, 5) is 28.7. The summed E-state index contributed by atoms with van der Waals surface area (Å²) in [5.74, 6) is -1.27. The molecule has 1 N–H and O–H groups in total. The van der Waals surface area contributed by atoms with Crippen LogP contribution in [0.5, 0.6) is 11.5 Å². The van der Waals surface area contributed by atoms with Crippen molar-refractivity contribution in [3.8, 4) is 11.5 Å². The van der Waals surface area contributed by atoms with Gasteiger partial charge >= 0.3 is 0 Å². The second-order valence-electron chi connectivity index (χ2n) is 9.16. The van der Waals surface area contributed by atoms with Gasteiger partial charge in [-0.2, -0.15) is 0 Å². The zero-order valence-electron chi connectivity index (χ0n) is 22.2. The van der Waals surface area contributed by atoms with E-state index in [-0.39, 0.29) is 22.3 Å². The third-order valence-electron chi connectivity index (χ3n) is 6.75. The summed E-state index contributed by atoms with van der Waals surface area (Å²) in [6.07, 6.45) is 0. The monoisotopic (exact) mass is 603 g/mol. The summed E-state index contributed by atoms with van der Waals surface area (Å²) in [5.41, 5.74) is 1.23. The molecule has 1 atom stereocenters. The number of thioether (sulfide) groups is 1. The molecular formula is C30H22FN3O6S2. The summed E-state index contributed by atoms with van der Waals surface area (Å²) in [6, 6.07) is 19.0. The number of carbonyl (C=O) groups is 2. The number of fused-ring (bicyclic) bond motifs is 1. The Hall–Kier alpha value is -4.68. The number of benzene rings is 3. The van der Waals surface area contributed by atoms with Crippen LogP contribution in [-0.4, -0.2) is 41.2 Å². The van der Waals surface area contributed by atoms with Gasteiger partial charge in [0.15, 0.2) is 27.2 Å². The maximum absolute atomic E-state index is 14.1. The molecule has 0 saturated carbocycles. The minimum absolute atomic E-state index is 0.0670. The van der Waals surface area contributed by atoms with Gasteiger partial charge in [0.2, 0.25) is 10.9 Å². The highest BCUT2D eigenvalue weighted by molar-refractivity contribution is 8.00. The number of ether oxygens (including phenoxy) is 2. The number of rotatable bonds is 9. The molecule has 1 aliphatic heterocycles. The number of nitrogens with zero attached hydrogens (tertiary/aromatic N) is 3. The van der Waals surface area contributed by atoms with Crippen molar-refractivity contribution in [3.63, 3.8) is 0 Å². The zero-order valence-corrected chi connectivity index (χ0v) is 23.9. The first-order chi connectivity index (χ1) is 20.4. The molecule has 0 aliphatic carbocycles. The fraction of sp³-hybridized carbons (Fsp3) is 0.133. The number of hydrogen-bond acceptors (Lipinski definition) is 10. The summed E-state index contributed by atoms with van der Waals surface area (Å²) in [6.45, 7) is 0. The van der Waals surface area contributed by atoms with Gasteiger partial charge in [-0.25, -0.2) is 4.39 Å². The first-order valence-electron chi connectivity index (χ1n) is 12.6. The average Bonchev–Trinajstić information content (AvgIpc) is 3.73. The number of para-hydroxylation sites is 1. The number of amides is 1. The number of anilines is 1. The third-order valence-corrected chi connectivity index (χ3v) is 8.85. The highest BCUT2D eigenvalue weighted by Crippen LogP contribution is 2.45. The fourth-order valence-electron chi connectivity index (χ4n) is 4.69. The number of aliphatic hydroxyl groups is 1. The van der Waals surface area contributed by atoms with E-state index in [2.05, 4.69) is 10.2 Å². The van der Waals surface area contributed by atoms with Crippen LogP contribution >= 0.6 is 23.1 Å². The molecule has 5 aromatic rings. The molecule has 3 heterocycles. The van der Waals surface area contributed by atoms with Crippen molar-refractivity contribution in [1.82, 2.24) is 10.2 Å². The van der Waals surface area contributed by atoms with E-state index in [1.54, 1.807) is 66.7 Å². The Kier molecular flexibility index (Phi) is 7.40. The second-order valence-corrected chi connectivity index (χ2v) is 11.3. The van der Waals surface area contributed by atoms with Gasteiger partial charge in [0, 0.05) is 11.1 Å². The Morgan fingerprint density at radius 1 is 1.07 bits per heavy atom. The molecule has 6 rings (SSSR count). The Labute approximate surface area is 247 Å². The lowest BCUT2D eigenvalue weighted by molar-refractivity contribution is -0.117. The number of hydrogen-bond donors (Lipinski definition) is 1. The molecule has 1 aliphatic rings. The van der Waals surface area contributed by atoms with Crippen molar-refractivity contribution in [2.24, 2.45) is 0 Å². The highest BCUT2D eigenvalue weighted by Gasteiger charge is 2.47. The average molecular weight is 604 g/mol. The van der Waals surface area contributed by atoms with E-state index in [1.165, 1.54) is 36.9 Å². The van der Waals surface area contributed by atoms with E-state index in [4.69, 9.17) is 13.9 Å². The topological polar surface area (TPSA) is 115 Å². The summed E-state index contributed by atoms with van der Waals surface area (Å²) in [7, 11) is 3.02. The first-order valence-corrected chi connectivity index (χ1v) is 14.4. The normalized spacial score (nSPS) is 15.1. The van der Waals surface area contributed by atoms with Crippen LogP contribution in [0.1, 0.15) is 27.7 Å². The van der Waals surface area contributed by atoms with Gasteiger partial charge in [0.25, 0.3) is 5.91 Å². The number of ketones is 1. The number of furan rings is 1. The third kappa shape index (κ3) is 4.88. The Bertz CT molecular complexity index is 1850. The minimum Gasteiger partial charge on any atom is -0.503 e. The number of aliphatic hydroxyl groups excluding tert-OH is 1. The number of methoxy groups -OCH3 is 2. The first kappa shape index (κ1) is 27.5. The molecule has 0 bridgehead atoms. The molecule has 9 nitrogen and oxygen atoms in total. The van der Waals surface area contributed by atoms with Gasteiger partial charge < -0.3 is 19.0 Å². The van der Waals surface area contributed by atoms with Crippen LogP contribution in [0, 0.1) is 5.82 Å². The van der Waals surface area contributed by atoms with Crippen LogP contribution in [0.25, 0.3) is 11.0 Å². The molecular weight excluding hydrogens is 581 g/mol. The van der Waals surface area contributed by atoms with Crippen LogP contribution in [0.4, 0.5) is 9.52 Å². The van der Waals surface area contributed by atoms with Crippen LogP contribution < -0.4 is 14.4 Å². The summed E-state index contributed by atoms with van der Waals surface area (Å²) < 4.78 is 31.1. The fourth-order valence-corrected chi connectivity index (χ4v) is 6.54. The molecule has 0 saturated heterocycles. The Morgan fingerprint density at radius 2 is 1.86 bits per heavy atom. The summed E-state index contributed by atoms with van der Waals surface area (Å²) in [5, 5.41) is 20.3. The Morgan fingerprint density at radius 3 is 2.60 bits per heavy atom. The predicted molar refractivity (Wildman–Crippen MR) is 156 cm³/mol. The Balaban J connectivity index is 1.38. The largest absolute Gasteiger partial charge is 0.503 e. The van der Waals surface area contributed by atoms with Crippen LogP contribution in [0.2, 0.25) is 0 Å². The molecule has 42 heavy (non-hydrogen) atoms. The minimum atomic E-state index is -1.04. The lowest BCUT2D eigenvalue weighted by atomic mass is 9.95. The molecule has 1 amide bonds. The van der Waals surface area contributed by atoms with Gasteiger partial charge in [-0.05, 0) is 41.5 Å². The predicted octanol–water partition coefficient (Wildman–Crippen LogP) is 6.52. The quantitative estimate of drug-likeness (QED) is 0.114. The lowest BCUT2D eigenvalue weighted by Gasteiger charge is -2.24. The van der Waals surface area contributed by atoms with Crippen LogP contribution in [-0.2, 0) is 10.5 Å². The number of aromatic nitrogens is 2. The molecule has 12 heteroatoms. The SMILES string of the molecule is COc1ccc(C2C(C(=O)c3cc4cccc(OC)c4o3)=C(O)C(=O)N2c2nnc(SCc3ccccc3F)s2)cc1. The van der Waals surface area contributed by atoms with Crippen molar-refractivity contribution in [2.75, 3.05) is 19.1 Å². The van der Waals surface area contributed by atoms with E-state index in [0.717, 1.165) is 11.3 Å².